The number of carbonyl (C=O) groups is 1. The van der Waals surface area contributed by atoms with Crippen LogP contribution >= 0.6 is 34.5 Å². The minimum Gasteiger partial charge on any atom is -0.490 e. The molecule has 14 heteroatoms. The van der Waals surface area contributed by atoms with E-state index in [4.69, 9.17) is 42.1 Å². The van der Waals surface area contributed by atoms with Crippen LogP contribution in [-0.4, -0.2) is 35.8 Å². The Hall–Kier alpha value is -4.65. The van der Waals surface area contributed by atoms with Crippen molar-refractivity contribution >= 4 is 52.3 Å². The predicted molar refractivity (Wildman–Crippen MR) is 174 cm³/mol. The largest absolute Gasteiger partial charge is 0.490 e. The third-order valence-electron chi connectivity index (χ3n) is 6.83. The Morgan fingerprint density at radius 1 is 1.04 bits per heavy atom. The summed E-state index contributed by atoms with van der Waals surface area (Å²) < 4.78 is 24.1. The zero-order chi connectivity index (χ0) is 33.0. The number of nitrogens with zero attached hydrogens (tertiary/aromatic N) is 3. The summed E-state index contributed by atoms with van der Waals surface area (Å²) in [6.45, 7) is 4.52. The molecule has 46 heavy (non-hydrogen) atoms. The van der Waals surface area contributed by atoms with E-state index in [1.54, 1.807) is 48.5 Å². The van der Waals surface area contributed by atoms with Gasteiger partial charge in [-0.2, -0.15) is 0 Å². The third-order valence-corrected chi connectivity index (χ3v) is 8.39. The summed E-state index contributed by atoms with van der Waals surface area (Å²) in [5.41, 5.74) is 1.40. The molecule has 1 aliphatic rings. The fourth-order valence-electron chi connectivity index (χ4n) is 4.85. The van der Waals surface area contributed by atoms with Crippen molar-refractivity contribution in [2.45, 2.75) is 26.5 Å². The lowest BCUT2D eigenvalue weighted by Crippen LogP contribution is -2.39. The van der Waals surface area contributed by atoms with Crippen molar-refractivity contribution in [3.05, 3.63) is 123 Å². The number of aromatic nitrogens is 1. The molecule has 0 saturated heterocycles. The van der Waals surface area contributed by atoms with Gasteiger partial charge in [-0.3, -0.25) is 19.5 Å². The number of nitro groups is 1. The first kappa shape index (κ1) is 32.7. The molecule has 238 valence electrons. The van der Waals surface area contributed by atoms with E-state index in [0.29, 0.717) is 50.7 Å². The zero-order valence-electron chi connectivity index (χ0n) is 24.8. The molecule has 4 aromatic rings. The Kier molecular flexibility index (Phi) is 10.1. The molecule has 5 rings (SSSR count). The molecule has 0 bridgehead atoms. The molecule has 0 fully saturated rings. The number of non-ortho nitro benzene ring substituents is 1. The van der Waals surface area contributed by atoms with E-state index < -0.39 is 22.5 Å². The Balaban J connectivity index is 1.52. The van der Waals surface area contributed by atoms with Gasteiger partial charge in [-0.05, 0) is 60.9 Å². The van der Waals surface area contributed by atoms with Crippen molar-refractivity contribution in [3.8, 4) is 17.2 Å². The van der Waals surface area contributed by atoms with E-state index >= 15 is 0 Å². The van der Waals surface area contributed by atoms with Crippen LogP contribution in [0.5, 0.6) is 17.2 Å². The first-order chi connectivity index (χ1) is 22.1. The maximum Gasteiger partial charge on any atom is 0.337 e. The molecular formula is C32H27Cl2N3O8S. The van der Waals surface area contributed by atoms with Gasteiger partial charge in [-0.15, -0.1) is 0 Å². The average Bonchev–Trinajstić information content (AvgIpc) is 3.35. The molecule has 0 N–H and O–H groups in total. The van der Waals surface area contributed by atoms with Crippen molar-refractivity contribution in [1.82, 2.24) is 4.57 Å². The Morgan fingerprint density at radius 2 is 1.76 bits per heavy atom. The van der Waals surface area contributed by atoms with Crippen LogP contribution in [0.1, 0.15) is 36.6 Å². The van der Waals surface area contributed by atoms with Crippen LogP contribution in [0.25, 0.3) is 6.08 Å². The molecule has 1 atom stereocenters. The maximum atomic E-state index is 13.9. The molecule has 0 spiro atoms. The number of esters is 1. The van der Waals surface area contributed by atoms with Gasteiger partial charge in [-0.1, -0.05) is 52.7 Å². The Morgan fingerprint density at radius 3 is 2.43 bits per heavy atom. The minimum atomic E-state index is -0.850. The Bertz CT molecular complexity index is 2020. The maximum absolute atomic E-state index is 13.9. The van der Waals surface area contributed by atoms with Crippen LogP contribution in [-0.2, 0) is 16.1 Å². The standard InChI is InChI=1S/C32H27Cl2N3O8S/c1-4-43-25-10-9-20(15-26(25)44-5-2)28-22(31(39)42-3)16-35-32-36(28)30(38)27(46-32)14-19-12-23(33)29(24(34)13-19)45-17-18-7-6-8-21(11-18)37(40)41/h6-16,28H,4-5,17H2,1-3H3/b27-14-/t28-/m1/s1. The molecule has 1 aliphatic heterocycles. The number of methoxy groups -OCH3 is 1. The highest BCUT2D eigenvalue weighted by molar-refractivity contribution is 7.07. The van der Waals surface area contributed by atoms with Crippen LogP contribution in [0.15, 0.2) is 76.2 Å². The van der Waals surface area contributed by atoms with Gasteiger partial charge in [0.1, 0.15) is 6.61 Å². The number of ether oxygens (including phenoxy) is 4. The van der Waals surface area contributed by atoms with Gasteiger partial charge >= 0.3 is 5.97 Å². The van der Waals surface area contributed by atoms with Crippen LogP contribution in [0.4, 0.5) is 5.69 Å². The number of benzene rings is 3. The molecule has 0 aliphatic carbocycles. The lowest BCUT2D eigenvalue weighted by atomic mass is 9.97. The van der Waals surface area contributed by atoms with Crippen molar-refractivity contribution in [3.63, 3.8) is 0 Å². The number of rotatable bonds is 11. The fourth-order valence-corrected chi connectivity index (χ4v) is 6.44. The SMILES string of the molecule is CCOc1ccc([C@@H]2C(C(=O)OC)=CN=c3s/c(=C\c4cc(Cl)c(OCc5cccc([N+](=O)[O-])c5)c(Cl)c4)c(=O)n32)cc1OCC. The highest BCUT2D eigenvalue weighted by Crippen LogP contribution is 2.36. The second-order valence-electron chi connectivity index (χ2n) is 9.78. The van der Waals surface area contributed by atoms with Gasteiger partial charge in [0.05, 0.1) is 51.4 Å². The highest BCUT2D eigenvalue weighted by atomic mass is 35.5. The predicted octanol–water partition coefficient (Wildman–Crippen LogP) is 5.61. The topological polar surface area (TPSA) is 131 Å². The van der Waals surface area contributed by atoms with Crippen LogP contribution < -0.4 is 29.1 Å². The lowest BCUT2D eigenvalue weighted by molar-refractivity contribution is -0.384. The van der Waals surface area contributed by atoms with Crippen molar-refractivity contribution in [2.24, 2.45) is 4.99 Å². The van der Waals surface area contributed by atoms with Crippen LogP contribution in [0, 0.1) is 10.1 Å². The molecular weight excluding hydrogens is 657 g/mol. The molecule has 3 aromatic carbocycles. The summed E-state index contributed by atoms with van der Waals surface area (Å²) in [7, 11) is 1.26. The van der Waals surface area contributed by atoms with E-state index in [1.165, 1.54) is 30.0 Å². The second-order valence-corrected chi connectivity index (χ2v) is 11.6. The quantitative estimate of drug-likeness (QED) is 0.113. The van der Waals surface area contributed by atoms with E-state index in [1.807, 2.05) is 13.8 Å². The summed E-state index contributed by atoms with van der Waals surface area (Å²) in [6, 6.07) is 13.6. The average molecular weight is 685 g/mol. The molecule has 0 amide bonds. The number of nitro benzene ring substituents is 1. The summed E-state index contributed by atoms with van der Waals surface area (Å²) >= 11 is 14.2. The number of hydrogen-bond donors (Lipinski definition) is 0. The lowest BCUT2D eigenvalue weighted by Gasteiger charge is -2.23. The van der Waals surface area contributed by atoms with Gasteiger partial charge in [-0.25, -0.2) is 9.79 Å². The summed E-state index contributed by atoms with van der Waals surface area (Å²) in [5.74, 6) is 0.573. The zero-order valence-corrected chi connectivity index (χ0v) is 27.1. The molecule has 11 nitrogen and oxygen atoms in total. The molecule has 0 saturated carbocycles. The van der Waals surface area contributed by atoms with Gasteiger partial charge in [0.15, 0.2) is 22.0 Å². The highest BCUT2D eigenvalue weighted by Gasteiger charge is 2.31. The van der Waals surface area contributed by atoms with Gasteiger partial charge in [0.2, 0.25) is 0 Å². The van der Waals surface area contributed by atoms with E-state index in [9.17, 15) is 19.7 Å². The first-order valence-corrected chi connectivity index (χ1v) is 15.6. The molecule has 1 aromatic heterocycles. The van der Waals surface area contributed by atoms with Crippen LogP contribution in [0.2, 0.25) is 10.0 Å². The molecule has 0 radical (unpaired) electrons. The van der Waals surface area contributed by atoms with Gasteiger partial charge < -0.3 is 18.9 Å². The van der Waals surface area contributed by atoms with E-state index in [-0.39, 0.29) is 33.7 Å². The summed E-state index contributed by atoms with van der Waals surface area (Å²) in [4.78, 5) is 42.1. The minimum absolute atomic E-state index is 0.00183. The normalized spacial score (nSPS) is 14.2. The monoisotopic (exact) mass is 683 g/mol. The summed E-state index contributed by atoms with van der Waals surface area (Å²) in [6.07, 6.45) is 3.03. The third kappa shape index (κ3) is 6.79. The molecule has 2 heterocycles. The number of fused-ring (bicyclic) bond motifs is 1. The first-order valence-electron chi connectivity index (χ1n) is 14.0. The molecule has 0 unspecified atom stereocenters. The van der Waals surface area contributed by atoms with Gasteiger partial charge in [0, 0.05) is 18.3 Å². The van der Waals surface area contributed by atoms with Gasteiger partial charge in [0.25, 0.3) is 11.2 Å². The van der Waals surface area contributed by atoms with Crippen molar-refractivity contribution < 1.29 is 28.7 Å². The fraction of sp³-hybridized carbons (Fsp3) is 0.219. The van der Waals surface area contributed by atoms with Crippen molar-refractivity contribution in [1.29, 1.82) is 0 Å². The smallest absolute Gasteiger partial charge is 0.337 e. The van der Waals surface area contributed by atoms with Crippen molar-refractivity contribution in [2.75, 3.05) is 20.3 Å². The summed E-state index contributed by atoms with van der Waals surface area (Å²) in [5, 5.41) is 11.5. The number of carbonyl (C=O) groups excluding carboxylic acids is 1. The number of thiazole rings is 1. The van der Waals surface area contributed by atoms with Crippen LogP contribution in [0.3, 0.4) is 0 Å². The van der Waals surface area contributed by atoms with E-state index in [0.717, 1.165) is 11.3 Å². The second kappa shape index (κ2) is 14.2. The number of halogens is 2. The van der Waals surface area contributed by atoms with E-state index in [2.05, 4.69) is 4.99 Å². The number of hydrogen-bond acceptors (Lipinski definition) is 10. The Labute approximate surface area is 276 Å².